The van der Waals surface area contributed by atoms with E-state index in [4.69, 9.17) is 9.47 Å². The lowest BCUT2D eigenvalue weighted by molar-refractivity contribution is -0.00461. The van der Waals surface area contributed by atoms with Crippen LogP contribution in [0, 0.1) is 5.82 Å². The van der Waals surface area contributed by atoms with E-state index in [-0.39, 0.29) is 12.2 Å². The van der Waals surface area contributed by atoms with Crippen molar-refractivity contribution >= 4 is 11.8 Å². The highest BCUT2D eigenvalue weighted by molar-refractivity contribution is 5.45. The van der Waals surface area contributed by atoms with Crippen LogP contribution in [-0.2, 0) is 9.47 Å². The van der Waals surface area contributed by atoms with Crippen molar-refractivity contribution in [2.45, 2.75) is 25.6 Å². The van der Waals surface area contributed by atoms with Gasteiger partial charge in [-0.2, -0.15) is 4.98 Å². The second-order valence-electron chi connectivity index (χ2n) is 4.75. The molecule has 1 aromatic rings. The number of ether oxygens (including phenoxy) is 2. The quantitative estimate of drug-likeness (QED) is 0.849. The van der Waals surface area contributed by atoms with Crippen molar-refractivity contribution in [3.63, 3.8) is 0 Å². The molecule has 0 spiro atoms. The average molecular weight is 284 g/mol. The van der Waals surface area contributed by atoms with Crippen molar-refractivity contribution in [2.75, 3.05) is 44.1 Å². The number of hydrogen-bond acceptors (Lipinski definition) is 6. The lowest BCUT2D eigenvalue weighted by Crippen LogP contribution is -2.27. The maximum atomic E-state index is 13.9. The molecule has 0 bridgehead atoms. The number of anilines is 2. The Hall–Kier alpha value is -1.47. The van der Waals surface area contributed by atoms with Crippen LogP contribution in [-0.4, -0.2) is 56.0 Å². The molecule has 2 heterocycles. The minimum Gasteiger partial charge on any atom is -0.377 e. The predicted molar refractivity (Wildman–Crippen MR) is 74.6 cm³/mol. The molecule has 20 heavy (non-hydrogen) atoms. The summed E-state index contributed by atoms with van der Waals surface area (Å²) in [5.41, 5.74) is 0. The van der Waals surface area contributed by atoms with Crippen LogP contribution < -0.4 is 10.2 Å². The van der Waals surface area contributed by atoms with Crippen LogP contribution in [0.1, 0.15) is 13.3 Å². The summed E-state index contributed by atoms with van der Waals surface area (Å²) in [4.78, 5) is 10.0. The lowest BCUT2D eigenvalue weighted by Gasteiger charge is -2.18. The Bertz CT molecular complexity index is 434. The highest BCUT2D eigenvalue weighted by Crippen LogP contribution is 2.24. The SMILES string of the molecule is CCCNc1ncc(F)c(N2CC(OC)C(OC)C2)n1. The molecule has 1 aliphatic heterocycles. The molecule has 0 saturated carbocycles. The minimum atomic E-state index is -0.432. The van der Waals surface area contributed by atoms with Gasteiger partial charge < -0.3 is 19.7 Å². The molecule has 1 saturated heterocycles. The van der Waals surface area contributed by atoms with Crippen molar-refractivity contribution in [3.8, 4) is 0 Å². The molecule has 1 N–H and O–H groups in total. The summed E-state index contributed by atoms with van der Waals surface area (Å²) >= 11 is 0. The summed E-state index contributed by atoms with van der Waals surface area (Å²) in [5.74, 6) is 0.303. The Labute approximate surface area is 118 Å². The van der Waals surface area contributed by atoms with Crippen LogP contribution in [0.2, 0.25) is 0 Å². The minimum absolute atomic E-state index is 0.0820. The Balaban J connectivity index is 2.15. The van der Waals surface area contributed by atoms with Crippen molar-refractivity contribution in [1.82, 2.24) is 9.97 Å². The fourth-order valence-electron chi connectivity index (χ4n) is 2.27. The summed E-state index contributed by atoms with van der Waals surface area (Å²) in [6.45, 7) is 3.91. The largest absolute Gasteiger partial charge is 0.377 e. The Morgan fingerprint density at radius 1 is 1.35 bits per heavy atom. The van der Waals surface area contributed by atoms with Gasteiger partial charge in [0.15, 0.2) is 11.6 Å². The van der Waals surface area contributed by atoms with Crippen LogP contribution in [0.3, 0.4) is 0 Å². The van der Waals surface area contributed by atoms with E-state index in [0.29, 0.717) is 24.9 Å². The molecule has 7 heteroatoms. The molecule has 2 unspecified atom stereocenters. The van der Waals surface area contributed by atoms with Crippen molar-refractivity contribution in [2.24, 2.45) is 0 Å². The van der Waals surface area contributed by atoms with Gasteiger partial charge in [0.25, 0.3) is 0 Å². The number of nitrogens with zero attached hydrogens (tertiary/aromatic N) is 3. The highest BCUT2D eigenvalue weighted by atomic mass is 19.1. The van der Waals surface area contributed by atoms with Gasteiger partial charge in [-0.05, 0) is 6.42 Å². The number of aromatic nitrogens is 2. The first-order valence-corrected chi connectivity index (χ1v) is 6.76. The van der Waals surface area contributed by atoms with Crippen molar-refractivity contribution < 1.29 is 13.9 Å². The smallest absolute Gasteiger partial charge is 0.224 e. The van der Waals surface area contributed by atoms with Crippen molar-refractivity contribution in [3.05, 3.63) is 12.0 Å². The molecular formula is C13H21FN4O2. The Kier molecular flexibility index (Phi) is 5.08. The van der Waals surface area contributed by atoms with E-state index >= 15 is 0 Å². The van der Waals surface area contributed by atoms with E-state index in [2.05, 4.69) is 15.3 Å². The van der Waals surface area contributed by atoms with Crippen LogP contribution in [0.5, 0.6) is 0 Å². The molecule has 6 nitrogen and oxygen atoms in total. The van der Waals surface area contributed by atoms with Gasteiger partial charge in [-0.3, -0.25) is 0 Å². The number of halogens is 1. The zero-order valence-corrected chi connectivity index (χ0v) is 12.1. The number of rotatable bonds is 6. The van der Waals surface area contributed by atoms with Gasteiger partial charge in [-0.25, -0.2) is 9.37 Å². The van der Waals surface area contributed by atoms with Crippen LogP contribution in [0.4, 0.5) is 16.2 Å². The molecule has 1 fully saturated rings. The normalized spacial score (nSPS) is 22.3. The summed E-state index contributed by atoms with van der Waals surface area (Å²) < 4.78 is 24.6. The van der Waals surface area contributed by atoms with Gasteiger partial charge in [-0.1, -0.05) is 6.92 Å². The van der Waals surface area contributed by atoms with Crippen LogP contribution in [0.25, 0.3) is 0 Å². The van der Waals surface area contributed by atoms with Crippen molar-refractivity contribution in [1.29, 1.82) is 0 Å². The summed E-state index contributed by atoms with van der Waals surface area (Å²) in [7, 11) is 3.26. The molecule has 112 valence electrons. The van der Waals surface area contributed by atoms with Gasteiger partial charge >= 0.3 is 0 Å². The van der Waals surface area contributed by atoms with Crippen LogP contribution in [0.15, 0.2) is 6.20 Å². The Morgan fingerprint density at radius 3 is 2.55 bits per heavy atom. The molecule has 0 aliphatic carbocycles. The Morgan fingerprint density at radius 2 is 2.00 bits per heavy atom. The molecule has 2 atom stereocenters. The number of hydrogen-bond donors (Lipinski definition) is 1. The van der Waals surface area contributed by atoms with E-state index in [1.54, 1.807) is 14.2 Å². The third-order valence-corrected chi connectivity index (χ3v) is 3.38. The lowest BCUT2D eigenvalue weighted by atomic mass is 10.3. The summed E-state index contributed by atoms with van der Waals surface area (Å²) in [5, 5.41) is 3.06. The van der Waals surface area contributed by atoms with E-state index in [9.17, 15) is 4.39 Å². The molecule has 0 radical (unpaired) electrons. The second-order valence-corrected chi connectivity index (χ2v) is 4.75. The predicted octanol–water partition coefficient (Wildman–Crippen LogP) is 1.29. The van der Waals surface area contributed by atoms with E-state index in [1.165, 1.54) is 6.20 Å². The fourth-order valence-corrected chi connectivity index (χ4v) is 2.27. The molecule has 2 rings (SSSR count). The fraction of sp³-hybridized carbons (Fsp3) is 0.692. The maximum absolute atomic E-state index is 13.9. The number of methoxy groups -OCH3 is 2. The monoisotopic (exact) mass is 284 g/mol. The molecule has 0 aromatic carbocycles. The maximum Gasteiger partial charge on any atom is 0.224 e. The van der Waals surface area contributed by atoms with E-state index in [0.717, 1.165) is 13.0 Å². The van der Waals surface area contributed by atoms with E-state index < -0.39 is 5.82 Å². The first-order valence-electron chi connectivity index (χ1n) is 6.76. The summed E-state index contributed by atoms with van der Waals surface area (Å²) in [6.07, 6.45) is 1.99. The third-order valence-electron chi connectivity index (χ3n) is 3.38. The molecular weight excluding hydrogens is 263 g/mol. The topological polar surface area (TPSA) is 59.5 Å². The van der Waals surface area contributed by atoms with Gasteiger partial charge in [0, 0.05) is 33.9 Å². The standard InChI is InChI=1S/C13H21FN4O2/c1-4-5-15-13-16-6-9(14)12(17-13)18-7-10(19-2)11(8-18)20-3/h6,10-11H,4-5,7-8H2,1-3H3,(H,15,16,17). The molecule has 1 aliphatic rings. The van der Waals surface area contributed by atoms with Crippen LogP contribution >= 0.6 is 0 Å². The first-order chi connectivity index (χ1) is 9.69. The zero-order chi connectivity index (χ0) is 14.5. The van der Waals surface area contributed by atoms with E-state index in [1.807, 2.05) is 11.8 Å². The average Bonchev–Trinajstić information content (AvgIpc) is 2.89. The third kappa shape index (κ3) is 3.16. The van der Waals surface area contributed by atoms with Gasteiger partial charge in [0.1, 0.15) is 12.2 Å². The molecule has 0 amide bonds. The molecule has 1 aromatic heterocycles. The number of nitrogens with one attached hydrogen (secondary N) is 1. The van der Waals surface area contributed by atoms with Gasteiger partial charge in [0.05, 0.1) is 6.20 Å². The second kappa shape index (κ2) is 6.81. The zero-order valence-electron chi connectivity index (χ0n) is 12.1. The van der Waals surface area contributed by atoms with Gasteiger partial charge in [0.2, 0.25) is 5.95 Å². The highest BCUT2D eigenvalue weighted by Gasteiger charge is 2.35. The van der Waals surface area contributed by atoms with Gasteiger partial charge in [-0.15, -0.1) is 0 Å². The summed E-state index contributed by atoms with van der Waals surface area (Å²) in [6, 6.07) is 0. The first kappa shape index (κ1) is 14.9.